The first kappa shape index (κ1) is 14.7. The highest BCUT2D eigenvalue weighted by Gasteiger charge is 2.39. The average molecular weight is 278 g/mol. The molecule has 1 aromatic heterocycles. The lowest BCUT2D eigenvalue weighted by molar-refractivity contribution is -0.167. The van der Waals surface area contributed by atoms with Crippen molar-refractivity contribution in [3.63, 3.8) is 0 Å². The van der Waals surface area contributed by atoms with Crippen molar-refractivity contribution in [1.29, 1.82) is 0 Å². The van der Waals surface area contributed by atoms with Gasteiger partial charge in [-0.1, -0.05) is 0 Å². The number of nitrogens with zero attached hydrogens (tertiary/aromatic N) is 1. The molecule has 0 aliphatic rings. The van der Waals surface area contributed by atoms with Crippen LogP contribution in [-0.2, 0) is 9.53 Å². The Morgan fingerprint density at radius 1 is 1.32 bits per heavy atom. The molecule has 0 aliphatic heterocycles. The standard InChI is InChI=1S/C10H9F3N2O4/c1-18-7-6(8(16)19-2)5(3-4-14-7)15-9(17)10(11,12)13/h3-4H,1-2H3,(H,14,15,17). The van der Waals surface area contributed by atoms with Crippen LogP contribution in [0.4, 0.5) is 18.9 Å². The molecule has 1 N–H and O–H groups in total. The molecule has 9 heteroatoms. The number of anilines is 1. The number of ether oxygens (including phenoxy) is 2. The van der Waals surface area contributed by atoms with Crippen LogP contribution in [0.25, 0.3) is 0 Å². The minimum atomic E-state index is -5.08. The number of esters is 1. The summed E-state index contributed by atoms with van der Waals surface area (Å²) in [5, 5.41) is 1.56. The Hall–Kier alpha value is -2.32. The number of nitrogens with one attached hydrogen (secondary N) is 1. The minimum absolute atomic E-state index is 0.258. The molecule has 0 aromatic carbocycles. The number of aromatic nitrogens is 1. The molecule has 0 spiro atoms. The van der Waals surface area contributed by atoms with E-state index in [1.165, 1.54) is 7.11 Å². The normalized spacial score (nSPS) is 10.8. The number of carbonyl (C=O) groups excluding carboxylic acids is 2. The maximum absolute atomic E-state index is 12.2. The number of pyridine rings is 1. The van der Waals surface area contributed by atoms with Gasteiger partial charge in [0.05, 0.1) is 19.9 Å². The smallest absolute Gasteiger partial charge is 0.471 e. The fourth-order valence-electron chi connectivity index (χ4n) is 1.19. The molecular formula is C10H9F3N2O4. The molecule has 0 unspecified atom stereocenters. The highest BCUT2D eigenvalue weighted by atomic mass is 19.4. The third-order valence-corrected chi connectivity index (χ3v) is 2.00. The van der Waals surface area contributed by atoms with Crippen LogP contribution in [0.1, 0.15) is 10.4 Å². The van der Waals surface area contributed by atoms with Gasteiger partial charge in [-0.25, -0.2) is 9.78 Å². The monoisotopic (exact) mass is 278 g/mol. The molecule has 1 rings (SSSR count). The lowest BCUT2D eigenvalue weighted by atomic mass is 10.2. The molecule has 19 heavy (non-hydrogen) atoms. The van der Waals surface area contributed by atoms with Gasteiger partial charge in [0, 0.05) is 6.20 Å². The van der Waals surface area contributed by atoms with E-state index in [0.717, 1.165) is 19.4 Å². The average Bonchev–Trinajstić information content (AvgIpc) is 2.36. The number of rotatable bonds is 3. The van der Waals surface area contributed by atoms with E-state index in [1.54, 1.807) is 5.32 Å². The summed E-state index contributed by atoms with van der Waals surface area (Å²) in [4.78, 5) is 26.0. The Morgan fingerprint density at radius 2 is 1.95 bits per heavy atom. The Kier molecular flexibility index (Phi) is 4.30. The number of carbonyl (C=O) groups is 2. The van der Waals surface area contributed by atoms with E-state index >= 15 is 0 Å². The number of alkyl halides is 3. The molecule has 0 aliphatic carbocycles. The van der Waals surface area contributed by atoms with Crippen molar-refractivity contribution in [2.75, 3.05) is 19.5 Å². The number of methoxy groups -OCH3 is 2. The molecule has 104 valence electrons. The topological polar surface area (TPSA) is 77.5 Å². The first-order valence-corrected chi connectivity index (χ1v) is 4.80. The zero-order valence-electron chi connectivity index (χ0n) is 9.87. The van der Waals surface area contributed by atoms with Crippen LogP contribution >= 0.6 is 0 Å². The lowest BCUT2D eigenvalue weighted by Crippen LogP contribution is -2.30. The van der Waals surface area contributed by atoms with Gasteiger partial charge >= 0.3 is 18.1 Å². The highest BCUT2D eigenvalue weighted by Crippen LogP contribution is 2.26. The van der Waals surface area contributed by atoms with Crippen LogP contribution in [-0.4, -0.2) is 37.3 Å². The molecule has 6 nitrogen and oxygen atoms in total. The van der Waals surface area contributed by atoms with Gasteiger partial charge in [-0.3, -0.25) is 4.79 Å². The van der Waals surface area contributed by atoms with Crippen molar-refractivity contribution in [3.8, 4) is 5.88 Å². The van der Waals surface area contributed by atoms with Crippen LogP contribution < -0.4 is 10.1 Å². The number of hydrogen-bond donors (Lipinski definition) is 1. The second kappa shape index (κ2) is 5.55. The first-order chi connectivity index (χ1) is 8.81. The molecule has 0 saturated carbocycles. The van der Waals surface area contributed by atoms with Gasteiger partial charge in [0.1, 0.15) is 5.56 Å². The first-order valence-electron chi connectivity index (χ1n) is 4.80. The van der Waals surface area contributed by atoms with E-state index in [4.69, 9.17) is 4.74 Å². The summed E-state index contributed by atoms with van der Waals surface area (Å²) < 4.78 is 45.6. The van der Waals surface area contributed by atoms with Crippen LogP contribution in [0.15, 0.2) is 12.3 Å². The Labute approximate surface area is 105 Å². The molecule has 0 fully saturated rings. The minimum Gasteiger partial charge on any atom is -0.480 e. The van der Waals surface area contributed by atoms with Crippen LogP contribution in [0.3, 0.4) is 0 Å². The van der Waals surface area contributed by atoms with Crippen molar-refractivity contribution in [1.82, 2.24) is 4.98 Å². The summed E-state index contributed by atoms with van der Waals surface area (Å²) >= 11 is 0. The van der Waals surface area contributed by atoms with Crippen LogP contribution in [0.5, 0.6) is 5.88 Å². The SMILES string of the molecule is COC(=O)c1c(NC(=O)C(F)(F)F)ccnc1OC. The molecule has 1 aromatic rings. The molecule has 1 heterocycles. The van der Waals surface area contributed by atoms with Crippen LogP contribution in [0.2, 0.25) is 0 Å². The third-order valence-electron chi connectivity index (χ3n) is 2.00. The van der Waals surface area contributed by atoms with Crippen molar-refractivity contribution < 1.29 is 32.2 Å². The summed E-state index contributed by atoms with van der Waals surface area (Å²) in [5.74, 6) is -3.46. The Morgan fingerprint density at radius 3 is 2.42 bits per heavy atom. The third kappa shape index (κ3) is 3.33. The van der Waals surface area contributed by atoms with E-state index in [2.05, 4.69) is 9.72 Å². The van der Waals surface area contributed by atoms with Crippen molar-refractivity contribution in [3.05, 3.63) is 17.8 Å². The van der Waals surface area contributed by atoms with Gasteiger partial charge in [0.25, 0.3) is 0 Å². The Balaban J connectivity index is 3.21. The van der Waals surface area contributed by atoms with Crippen molar-refractivity contribution in [2.45, 2.75) is 6.18 Å². The van der Waals surface area contributed by atoms with Gasteiger partial charge in [0.2, 0.25) is 5.88 Å². The van der Waals surface area contributed by atoms with Gasteiger partial charge in [-0.2, -0.15) is 13.2 Å². The highest BCUT2D eigenvalue weighted by molar-refractivity contribution is 6.04. The number of halogens is 3. The van der Waals surface area contributed by atoms with Gasteiger partial charge in [0.15, 0.2) is 0 Å². The van der Waals surface area contributed by atoms with Gasteiger partial charge in [-0.05, 0) is 6.07 Å². The number of amides is 1. The summed E-state index contributed by atoms with van der Waals surface area (Å²) in [6, 6.07) is 1.03. The second-order valence-corrected chi connectivity index (χ2v) is 3.19. The van der Waals surface area contributed by atoms with Crippen molar-refractivity contribution >= 4 is 17.6 Å². The quantitative estimate of drug-likeness (QED) is 0.845. The molecule has 0 radical (unpaired) electrons. The molecule has 0 saturated heterocycles. The fraction of sp³-hybridized carbons (Fsp3) is 0.300. The largest absolute Gasteiger partial charge is 0.480 e. The van der Waals surface area contributed by atoms with Crippen molar-refractivity contribution in [2.24, 2.45) is 0 Å². The van der Waals surface area contributed by atoms with E-state index in [0.29, 0.717) is 0 Å². The summed E-state index contributed by atoms with van der Waals surface area (Å²) in [6.45, 7) is 0. The molecule has 0 bridgehead atoms. The van der Waals surface area contributed by atoms with Gasteiger partial charge < -0.3 is 14.8 Å². The van der Waals surface area contributed by atoms with E-state index in [-0.39, 0.29) is 5.88 Å². The van der Waals surface area contributed by atoms with E-state index in [9.17, 15) is 22.8 Å². The lowest BCUT2D eigenvalue weighted by Gasteiger charge is -2.13. The maximum atomic E-state index is 12.2. The number of hydrogen-bond acceptors (Lipinski definition) is 5. The zero-order valence-corrected chi connectivity index (χ0v) is 9.87. The summed E-state index contributed by atoms with van der Waals surface area (Å²) in [5.41, 5.74) is -0.800. The van der Waals surface area contributed by atoms with E-state index < -0.39 is 29.3 Å². The predicted molar refractivity (Wildman–Crippen MR) is 56.8 cm³/mol. The molecular weight excluding hydrogens is 269 g/mol. The molecule has 1 amide bonds. The maximum Gasteiger partial charge on any atom is 0.471 e. The Bertz CT molecular complexity index is 502. The fourth-order valence-corrected chi connectivity index (χ4v) is 1.19. The van der Waals surface area contributed by atoms with Crippen LogP contribution in [0, 0.1) is 0 Å². The van der Waals surface area contributed by atoms with Gasteiger partial charge in [-0.15, -0.1) is 0 Å². The zero-order chi connectivity index (χ0) is 14.6. The summed E-state index contributed by atoms with van der Waals surface area (Å²) in [6.07, 6.45) is -4.00. The second-order valence-electron chi connectivity index (χ2n) is 3.19. The predicted octanol–water partition coefficient (Wildman–Crippen LogP) is 1.38. The summed E-state index contributed by atoms with van der Waals surface area (Å²) in [7, 11) is 2.20. The van der Waals surface area contributed by atoms with E-state index in [1.807, 2.05) is 0 Å². The molecule has 0 atom stereocenters.